The van der Waals surface area contributed by atoms with E-state index in [2.05, 4.69) is 10.6 Å². The first-order chi connectivity index (χ1) is 15.4. The lowest BCUT2D eigenvalue weighted by Gasteiger charge is -2.14. The van der Waals surface area contributed by atoms with Crippen LogP contribution in [0.3, 0.4) is 0 Å². The monoisotopic (exact) mass is 439 g/mol. The van der Waals surface area contributed by atoms with Gasteiger partial charge in [0.25, 0.3) is 11.8 Å². The number of amides is 4. The highest BCUT2D eigenvalue weighted by Gasteiger charge is 2.36. The van der Waals surface area contributed by atoms with Crippen LogP contribution in [0.25, 0.3) is 0 Å². The van der Waals surface area contributed by atoms with Crippen molar-refractivity contribution in [2.75, 3.05) is 33.9 Å². The van der Waals surface area contributed by atoms with Crippen molar-refractivity contribution in [2.45, 2.75) is 12.8 Å². The summed E-state index contributed by atoms with van der Waals surface area (Å²) in [4.78, 5) is 49.6. The Balaban J connectivity index is 1.36. The second-order valence-corrected chi connectivity index (χ2v) is 7.13. The van der Waals surface area contributed by atoms with Crippen molar-refractivity contribution in [3.8, 4) is 11.5 Å². The Kier molecular flexibility index (Phi) is 7.43. The van der Waals surface area contributed by atoms with Gasteiger partial charge in [0.15, 0.2) is 11.5 Å². The lowest BCUT2D eigenvalue weighted by molar-refractivity contribution is -0.123. The van der Waals surface area contributed by atoms with E-state index >= 15 is 0 Å². The van der Waals surface area contributed by atoms with Crippen molar-refractivity contribution in [3.05, 3.63) is 59.2 Å². The number of fused-ring (bicyclic) bond motifs is 1. The van der Waals surface area contributed by atoms with Crippen LogP contribution in [0.5, 0.6) is 11.5 Å². The molecule has 0 fully saturated rings. The van der Waals surface area contributed by atoms with Crippen molar-refractivity contribution in [1.82, 2.24) is 15.5 Å². The summed E-state index contributed by atoms with van der Waals surface area (Å²) in [6.07, 6.45) is 0.802. The van der Waals surface area contributed by atoms with E-state index in [0.717, 1.165) is 10.5 Å². The Hall–Kier alpha value is -3.88. The van der Waals surface area contributed by atoms with Gasteiger partial charge in [0.05, 0.1) is 25.3 Å². The summed E-state index contributed by atoms with van der Waals surface area (Å²) in [5, 5.41) is 5.33. The summed E-state index contributed by atoms with van der Waals surface area (Å²) < 4.78 is 10.4. The minimum absolute atomic E-state index is 0.158. The van der Waals surface area contributed by atoms with E-state index in [4.69, 9.17) is 9.47 Å². The predicted octanol–water partition coefficient (Wildman–Crippen LogP) is 1.17. The van der Waals surface area contributed by atoms with Gasteiger partial charge in [-0.1, -0.05) is 18.2 Å². The quantitative estimate of drug-likeness (QED) is 0.424. The number of nitrogens with zero attached hydrogens (tertiary/aromatic N) is 1. The molecule has 1 heterocycles. The molecule has 2 N–H and O–H groups in total. The Morgan fingerprint density at radius 3 is 2.03 bits per heavy atom. The third-order valence-corrected chi connectivity index (χ3v) is 5.04. The molecule has 0 aromatic heterocycles. The average molecular weight is 439 g/mol. The third-order valence-electron chi connectivity index (χ3n) is 5.04. The summed E-state index contributed by atoms with van der Waals surface area (Å²) in [5.74, 6) is -0.370. The summed E-state index contributed by atoms with van der Waals surface area (Å²) in [5.41, 5.74) is 1.53. The number of carbonyl (C=O) groups is 4. The van der Waals surface area contributed by atoms with Gasteiger partial charge in [-0.2, -0.15) is 0 Å². The van der Waals surface area contributed by atoms with Crippen molar-refractivity contribution < 1.29 is 28.7 Å². The minimum Gasteiger partial charge on any atom is -0.493 e. The van der Waals surface area contributed by atoms with Crippen molar-refractivity contribution in [1.29, 1.82) is 0 Å². The Bertz CT molecular complexity index is 1000. The average Bonchev–Trinajstić information content (AvgIpc) is 3.05. The summed E-state index contributed by atoms with van der Waals surface area (Å²) >= 11 is 0. The Labute approximate surface area is 185 Å². The maximum absolute atomic E-state index is 12.3. The first-order valence-corrected chi connectivity index (χ1v) is 10.1. The van der Waals surface area contributed by atoms with Crippen LogP contribution in [0.1, 0.15) is 32.7 Å². The van der Waals surface area contributed by atoms with Crippen molar-refractivity contribution >= 4 is 23.6 Å². The maximum atomic E-state index is 12.3. The topological polar surface area (TPSA) is 114 Å². The highest BCUT2D eigenvalue weighted by molar-refractivity contribution is 6.22. The second kappa shape index (κ2) is 10.4. The summed E-state index contributed by atoms with van der Waals surface area (Å²) in [6, 6.07) is 11.9. The highest BCUT2D eigenvalue weighted by Crippen LogP contribution is 2.28. The van der Waals surface area contributed by atoms with E-state index in [1.807, 2.05) is 12.1 Å². The fourth-order valence-electron chi connectivity index (χ4n) is 3.37. The fourth-order valence-corrected chi connectivity index (χ4v) is 3.37. The smallest absolute Gasteiger partial charge is 0.262 e. The van der Waals surface area contributed by atoms with Gasteiger partial charge in [-0.25, -0.2) is 0 Å². The van der Waals surface area contributed by atoms with Crippen molar-refractivity contribution in [3.63, 3.8) is 0 Å². The van der Waals surface area contributed by atoms with E-state index in [1.54, 1.807) is 44.6 Å². The third kappa shape index (κ3) is 5.23. The van der Waals surface area contributed by atoms with E-state index in [-0.39, 0.29) is 32.0 Å². The van der Waals surface area contributed by atoms with Crippen LogP contribution in [0.4, 0.5) is 0 Å². The normalized spacial score (nSPS) is 12.4. The number of methoxy groups -OCH3 is 2. The molecule has 0 atom stereocenters. The molecular weight excluding hydrogens is 414 g/mol. The van der Waals surface area contributed by atoms with Crippen LogP contribution in [-0.2, 0) is 16.0 Å². The number of imide groups is 1. The number of rotatable bonds is 10. The molecule has 0 bridgehead atoms. The van der Waals surface area contributed by atoms with Gasteiger partial charge >= 0.3 is 0 Å². The summed E-state index contributed by atoms with van der Waals surface area (Å²) in [6.45, 7) is 0.0579. The van der Waals surface area contributed by atoms with Crippen LogP contribution >= 0.6 is 0 Å². The molecule has 0 aliphatic carbocycles. The zero-order chi connectivity index (χ0) is 23.1. The number of nitrogens with one attached hydrogen (secondary N) is 2. The first kappa shape index (κ1) is 22.8. The molecule has 0 radical (unpaired) electrons. The molecule has 2 aromatic carbocycles. The van der Waals surface area contributed by atoms with Gasteiger partial charge in [0, 0.05) is 19.5 Å². The highest BCUT2D eigenvalue weighted by atomic mass is 16.5. The number of benzene rings is 2. The van der Waals surface area contributed by atoms with Gasteiger partial charge < -0.3 is 20.1 Å². The number of hydrogen-bond donors (Lipinski definition) is 2. The molecule has 0 spiro atoms. The van der Waals surface area contributed by atoms with Gasteiger partial charge in [0.1, 0.15) is 6.54 Å². The number of hydrogen-bond acceptors (Lipinski definition) is 6. The van der Waals surface area contributed by atoms with E-state index in [1.165, 1.54) is 0 Å². The maximum Gasteiger partial charge on any atom is 0.262 e. The lowest BCUT2D eigenvalue weighted by atomic mass is 10.1. The van der Waals surface area contributed by atoms with Crippen LogP contribution < -0.4 is 20.1 Å². The van der Waals surface area contributed by atoms with Gasteiger partial charge in [-0.15, -0.1) is 0 Å². The molecule has 9 heteroatoms. The minimum atomic E-state index is -0.482. The molecule has 0 saturated heterocycles. The Morgan fingerprint density at radius 1 is 0.844 bits per heavy atom. The van der Waals surface area contributed by atoms with Gasteiger partial charge in [0.2, 0.25) is 11.8 Å². The zero-order valence-corrected chi connectivity index (χ0v) is 18.0. The van der Waals surface area contributed by atoms with Crippen LogP contribution in [0.2, 0.25) is 0 Å². The molecule has 3 rings (SSSR count). The SMILES string of the molecule is COc1ccc(CCC(=O)NCCNC(=O)CN2C(=O)c3ccccc3C2=O)cc1OC. The molecule has 1 aliphatic rings. The number of aryl methyl sites for hydroxylation is 1. The van der Waals surface area contributed by atoms with Gasteiger partial charge in [-0.05, 0) is 36.2 Å². The van der Waals surface area contributed by atoms with E-state index < -0.39 is 17.7 Å². The van der Waals surface area contributed by atoms with Crippen LogP contribution in [0, 0.1) is 0 Å². The molecule has 4 amide bonds. The Morgan fingerprint density at radius 2 is 1.44 bits per heavy atom. The lowest BCUT2D eigenvalue weighted by Crippen LogP contribution is -2.42. The van der Waals surface area contributed by atoms with Crippen molar-refractivity contribution in [2.24, 2.45) is 0 Å². The molecule has 1 aliphatic heterocycles. The van der Waals surface area contributed by atoms with Gasteiger partial charge in [-0.3, -0.25) is 24.1 Å². The first-order valence-electron chi connectivity index (χ1n) is 10.1. The molecule has 9 nitrogen and oxygen atoms in total. The van der Waals surface area contributed by atoms with E-state index in [0.29, 0.717) is 29.0 Å². The molecule has 2 aromatic rings. The standard InChI is InChI=1S/C23H25N3O6/c1-31-18-9-7-15(13-19(18)32-2)8-10-20(27)24-11-12-25-21(28)14-26-22(29)16-5-3-4-6-17(16)23(26)30/h3-7,9,13H,8,10-12,14H2,1-2H3,(H,24,27)(H,25,28). The summed E-state index contributed by atoms with van der Waals surface area (Å²) in [7, 11) is 3.11. The van der Waals surface area contributed by atoms with Crippen LogP contribution in [0.15, 0.2) is 42.5 Å². The molecule has 0 saturated carbocycles. The molecular formula is C23H25N3O6. The fraction of sp³-hybridized carbons (Fsp3) is 0.304. The molecule has 32 heavy (non-hydrogen) atoms. The second-order valence-electron chi connectivity index (χ2n) is 7.13. The van der Waals surface area contributed by atoms with E-state index in [9.17, 15) is 19.2 Å². The number of carbonyl (C=O) groups excluding carboxylic acids is 4. The van der Waals surface area contributed by atoms with Crippen LogP contribution in [-0.4, -0.2) is 62.4 Å². The molecule has 0 unspecified atom stereocenters. The largest absolute Gasteiger partial charge is 0.493 e. The zero-order valence-electron chi connectivity index (χ0n) is 18.0. The number of ether oxygens (including phenoxy) is 2. The molecule has 168 valence electrons. The predicted molar refractivity (Wildman–Crippen MR) is 116 cm³/mol.